The minimum atomic E-state index is -3.40. The van der Waals surface area contributed by atoms with Crippen LogP contribution in [0.4, 0.5) is 5.69 Å². The summed E-state index contributed by atoms with van der Waals surface area (Å²) in [6, 6.07) is 12.1. The summed E-state index contributed by atoms with van der Waals surface area (Å²) >= 11 is 12.4. The lowest BCUT2D eigenvalue weighted by Gasteiger charge is -2.39. The van der Waals surface area contributed by atoms with Crippen molar-refractivity contribution >= 4 is 54.7 Å². The molecule has 2 saturated heterocycles. The van der Waals surface area contributed by atoms with Crippen molar-refractivity contribution in [1.82, 2.24) is 9.21 Å². The molecule has 232 valence electrons. The molecule has 2 fully saturated rings. The van der Waals surface area contributed by atoms with Crippen LogP contribution in [-0.4, -0.2) is 94.4 Å². The van der Waals surface area contributed by atoms with E-state index in [0.29, 0.717) is 39.5 Å². The van der Waals surface area contributed by atoms with Gasteiger partial charge >= 0.3 is 0 Å². The first-order valence-corrected chi connectivity index (χ1v) is 18.6. The highest BCUT2D eigenvalue weighted by Gasteiger charge is 2.44. The van der Waals surface area contributed by atoms with Gasteiger partial charge in [-0.05, 0) is 100.0 Å². The van der Waals surface area contributed by atoms with Gasteiger partial charge in [-0.1, -0.05) is 35.3 Å². The number of piperidine rings is 2. The number of sulfone groups is 1. The molecule has 0 atom stereocenters. The number of hydrogen-bond acceptors (Lipinski definition) is 7. The Bertz CT molecular complexity index is 1470. The highest BCUT2D eigenvalue weighted by molar-refractivity contribution is 7.90. The van der Waals surface area contributed by atoms with E-state index in [1.165, 1.54) is 10.6 Å². The van der Waals surface area contributed by atoms with Crippen molar-refractivity contribution < 1.29 is 26.7 Å². The molecule has 1 amide bonds. The number of carbonyl (C=O) groups is 1. The molecule has 2 aliphatic heterocycles. The van der Waals surface area contributed by atoms with Gasteiger partial charge in [-0.25, -0.2) is 21.1 Å². The van der Waals surface area contributed by atoms with Gasteiger partial charge in [0.2, 0.25) is 10.0 Å². The Morgan fingerprint density at radius 3 is 2.12 bits per heavy atom. The van der Waals surface area contributed by atoms with Crippen molar-refractivity contribution in [2.45, 2.75) is 49.0 Å². The number of amides is 1. The van der Waals surface area contributed by atoms with E-state index in [4.69, 9.17) is 23.2 Å². The number of nitrogens with zero attached hydrogens (tertiary/aromatic N) is 3. The van der Waals surface area contributed by atoms with Crippen molar-refractivity contribution in [3.8, 4) is 0 Å². The van der Waals surface area contributed by atoms with Gasteiger partial charge in [0.1, 0.15) is 5.60 Å². The van der Waals surface area contributed by atoms with Crippen LogP contribution in [0.2, 0.25) is 10.0 Å². The molecular weight excluding hydrogens is 621 g/mol. The molecule has 2 heterocycles. The van der Waals surface area contributed by atoms with Crippen molar-refractivity contribution in [1.29, 1.82) is 0 Å². The van der Waals surface area contributed by atoms with Crippen LogP contribution in [0.1, 0.15) is 37.7 Å². The summed E-state index contributed by atoms with van der Waals surface area (Å²) in [6.45, 7) is 3.15. The minimum Gasteiger partial charge on any atom is -0.380 e. The Labute approximate surface area is 259 Å². The van der Waals surface area contributed by atoms with Crippen LogP contribution in [0.25, 0.3) is 0 Å². The topological polar surface area (TPSA) is 115 Å². The summed E-state index contributed by atoms with van der Waals surface area (Å²) in [6.07, 6.45) is 6.01. The Balaban J connectivity index is 1.34. The predicted octanol–water partition coefficient (Wildman–Crippen LogP) is 3.86. The zero-order valence-corrected chi connectivity index (χ0v) is 27.2. The summed E-state index contributed by atoms with van der Waals surface area (Å²) in [4.78, 5) is 18.0. The van der Waals surface area contributed by atoms with Crippen LogP contribution in [-0.2, 0) is 31.1 Å². The van der Waals surface area contributed by atoms with E-state index in [9.17, 15) is 26.7 Å². The fraction of sp³-hybridized carbons (Fsp3) is 0.552. The molecule has 0 unspecified atom stereocenters. The van der Waals surface area contributed by atoms with E-state index < -0.39 is 31.4 Å². The third-order valence-electron chi connectivity index (χ3n) is 8.32. The Hall–Kier alpha value is -1.73. The van der Waals surface area contributed by atoms with Crippen molar-refractivity contribution in [3.63, 3.8) is 0 Å². The Kier molecular flexibility index (Phi) is 10.7. The predicted molar refractivity (Wildman–Crippen MR) is 166 cm³/mol. The second-order valence-corrected chi connectivity index (χ2v) is 16.3. The molecule has 0 aliphatic carbocycles. The average Bonchev–Trinajstić information content (AvgIpc) is 2.93. The largest absolute Gasteiger partial charge is 0.380 e. The van der Waals surface area contributed by atoms with Gasteiger partial charge in [0, 0.05) is 31.6 Å². The summed E-state index contributed by atoms with van der Waals surface area (Å²) in [5, 5.41) is 12.0. The maximum atomic E-state index is 13.7. The van der Waals surface area contributed by atoms with E-state index >= 15 is 0 Å². The number of rotatable bonds is 10. The van der Waals surface area contributed by atoms with E-state index in [1.807, 2.05) is 12.1 Å². The first-order chi connectivity index (χ1) is 19.7. The fourth-order valence-electron chi connectivity index (χ4n) is 5.73. The number of halogens is 2. The number of likely N-dealkylation sites (tertiary alicyclic amines) is 1. The third kappa shape index (κ3) is 8.46. The zero-order chi connectivity index (χ0) is 30.7. The molecule has 0 saturated carbocycles. The molecule has 0 aromatic heterocycles. The van der Waals surface area contributed by atoms with Gasteiger partial charge in [0.05, 0.1) is 21.2 Å². The molecule has 0 radical (unpaired) electrons. The molecule has 0 spiro atoms. The quantitative estimate of drug-likeness (QED) is 0.412. The van der Waals surface area contributed by atoms with Crippen LogP contribution >= 0.6 is 23.2 Å². The SMILES string of the molecule is CS(=O)(=O)c1ccc(CC2CCN(CCCN(C(=O)C3(O)CCN(S(C)(=O)=O)CC3)c3ccc(Cl)c(Cl)c3)CC2)cc1. The minimum absolute atomic E-state index is 0.0151. The first kappa shape index (κ1) is 33.2. The highest BCUT2D eigenvalue weighted by atomic mass is 35.5. The summed E-state index contributed by atoms with van der Waals surface area (Å²) in [7, 11) is -6.60. The highest BCUT2D eigenvalue weighted by Crippen LogP contribution is 2.32. The smallest absolute Gasteiger partial charge is 0.259 e. The standard InChI is InChI=1S/C29H39Cl2N3O6S2/c1-41(37,38)25-7-4-22(5-8-25)20-23-10-16-32(17-11-23)14-3-15-34(24-6-9-26(30)27(31)21-24)28(35)29(36)12-18-33(19-13-29)42(2,39)40/h4-9,21,23,36H,3,10-20H2,1-2H3. The number of hydrogen-bond donors (Lipinski definition) is 1. The number of sulfonamides is 1. The molecule has 42 heavy (non-hydrogen) atoms. The van der Waals surface area contributed by atoms with Gasteiger partial charge in [0.15, 0.2) is 9.84 Å². The lowest BCUT2D eigenvalue weighted by atomic mass is 9.90. The fourth-order valence-corrected chi connectivity index (χ4v) is 7.50. The van der Waals surface area contributed by atoms with Crippen LogP contribution < -0.4 is 4.90 Å². The van der Waals surface area contributed by atoms with E-state index in [2.05, 4.69) is 4.90 Å². The summed E-state index contributed by atoms with van der Waals surface area (Å²) in [5.74, 6) is 0.0568. The molecule has 0 bridgehead atoms. The van der Waals surface area contributed by atoms with Crippen LogP contribution in [0.5, 0.6) is 0 Å². The van der Waals surface area contributed by atoms with Gasteiger partial charge in [-0.2, -0.15) is 0 Å². The molecule has 13 heteroatoms. The molecule has 2 aromatic carbocycles. The number of carbonyl (C=O) groups excluding carboxylic acids is 1. The lowest BCUT2D eigenvalue weighted by Crippen LogP contribution is -2.56. The lowest BCUT2D eigenvalue weighted by molar-refractivity contribution is -0.140. The Morgan fingerprint density at radius 1 is 0.952 bits per heavy atom. The normalized spacial score (nSPS) is 19.1. The second kappa shape index (κ2) is 13.5. The van der Waals surface area contributed by atoms with Crippen LogP contribution in [0.3, 0.4) is 0 Å². The second-order valence-electron chi connectivity index (χ2n) is 11.5. The first-order valence-electron chi connectivity index (χ1n) is 14.1. The van der Waals surface area contributed by atoms with Crippen molar-refractivity contribution in [2.24, 2.45) is 5.92 Å². The maximum Gasteiger partial charge on any atom is 0.259 e. The van der Waals surface area contributed by atoms with E-state index in [1.54, 1.807) is 35.2 Å². The molecule has 1 N–H and O–H groups in total. The van der Waals surface area contributed by atoms with Gasteiger partial charge < -0.3 is 14.9 Å². The third-order valence-corrected chi connectivity index (χ3v) is 11.5. The van der Waals surface area contributed by atoms with Gasteiger partial charge in [-0.3, -0.25) is 4.79 Å². The van der Waals surface area contributed by atoms with Crippen LogP contribution in [0.15, 0.2) is 47.4 Å². The number of anilines is 1. The molecular formula is C29H39Cl2N3O6S2. The number of aliphatic hydroxyl groups is 1. The summed E-state index contributed by atoms with van der Waals surface area (Å²) in [5.41, 5.74) is -0.00330. The number of benzene rings is 2. The van der Waals surface area contributed by atoms with E-state index in [-0.39, 0.29) is 25.9 Å². The average molecular weight is 661 g/mol. The van der Waals surface area contributed by atoms with Crippen LogP contribution in [0, 0.1) is 5.92 Å². The molecule has 9 nitrogen and oxygen atoms in total. The monoisotopic (exact) mass is 659 g/mol. The molecule has 2 aromatic rings. The zero-order valence-electron chi connectivity index (χ0n) is 24.0. The van der Waals surface area contributed by atoms with Gasteiger partial charge in [-0.15, -0.1) is 0 Å². The van der Waals surface area contributed by atoms with Crippen molar-refractivity contribution in [3.05, 3.63) is 58.1 Å². The summed E-state index contributed by atoms with van der Waals surface area (Å²) < 4.78 is 48.6. The van der Waals surface area contributed by atoms with E-state index in [0.717, 1.165) is 50.7 Å². The van der Waals surface area contributed by atoms with Gasteiger partial charge in [0.25, 0.3) is 5.91 Å². The van der Waals surface area contributed by atoms with Crippen molar-refractivity contribution in [2.75, 3.05) is 56.7 Å². The maximum absolute atomic E-state index is 13.7. The molecule has 2 aliphatic rings. The Morgan fingerprint density at radius 2 is 1.57 bits per heavy atom. The molecule has 4 rings (SSSR count).